The van der Waals surface area contributed by atoms with E-state index in [9.17, 15) is 4.39 Å². The minimum atomic E-state index is -0.274. The molecule has 0 fully saturated rings. The van der Waals surface area contributed by atoms with Crippen LogP contribution in [0.5, 0.6) is 5.88 Å². The first-order valence-corrected chi connectivity index (χ1v) is 7.07. The van der Waals surface area contributed by atoms with Gasteiger partial charge in [0.15, 0.2) is 0 Å². The molecule has 3 aromatic rings. The number of halogens is 1. The molecule has 0 radical (unpaired) electrons. The number of nitrogens with one attached hydrogen (secondary N) is 2. The summed E-state index contributed by atoms with van der Waals surface area (Å²) in [6.45, 7) is 3.08. The summed E-state index contributed by atoms with van der Waals surface area (Å²) < 4.78 is 18.4. The molecule has 3 rings (SSSR count). The van der Waals surface area contributed by atoms with Crippen LogP contribution in [0.15, 0.2) is 30.6 Å². The molecule has 0 aliphatic rings. The lowest BCUT2D eigenvalue weighted by Crippen LogP contribution is -2.08. The largest absolute Gasteiger partial charge is 0.477 e. The van der Waals surface area contributed by atoms with E-state index in [-0.39, 0.29) is 5.82 Å². The summed E-state index contributed by atoms with van der Waals surface area (Å²) in [6.07, 6.45) is 3.87. The van der Waals surface area contributed by atoms with Crippen molar-refractivity contribution < 1.29 is 9.13 Å². The van der Waals surface area contributed by atoms with Crippen molar-refractivity contribution in [3.63, 3.8) is 0 Å². The maximum atomic E-state index is 13.1. The summed E-state index contributed by atoms with van der Waals surface area (Å²) in [5.41, 5.74) is 1.46. The van der Waals surface area contributed by atoms with Crippen LogP contribution in [0.1, 0.15) is 12.7 Å². The molecular formula is C15H16FN5O. The summed E-state index contributed by atoms with van der Waals surface area (Å²) >= 11 is 0. The van der Waals surface area contributed by atoms with Crippen LogP contribution < -0.4 is 10.1 Å². The molecule has 0 saturated heterocycles. The second-order valence-electron chi connectivity index (χ2n) is 4.70. The second-order valence-corrected chi connectivity index (χ2v) is 4.70. The molecule has 0 aliphatic heterocycles. The highest BCUT2D eigenvalue weighted by Gasteiger charge is 2.04. The van der Waals surface area contributed by atoms with Gasteiger partial charge in [0.2, 0.25) is 5.88 Å². The van der Waals surface area contributed by atoms with Crippen molar-refractivity contribution in [1.82, 2.24) is 19.9 Å². The summed E-state index contributed by atoms with van der Waals surface area (Å²) in [5, 5.41) is 3.16. The van der Waals surface area contributed by atoms with Gasteiger partial charge in [-0.25, -0.2) is 9.37 Å². The first-order chi connectivity index (χ1) is 10.7. The zero-order valence-corrected chi connectivity index (χ0v) is 12.1. The Labute approximate surface area is 126 Å². The SMILES string of the molecule is CCOc1cncc(NCCc2nc3ccc(F)cc3[nH]2)n1. The third kappa shape index (κ3) is 3.30. The minimum Gasteiger partial charge on any atom is -0.477 e. The van der Waals surface area contributed by atoms with Crippen LogP contribution >= 0.6 is 0 Å². The van der Waals surface area contributed by atoms with Crippen LogP contribution in [0.25, 0.3) is 11.0 Å². The average Bonchev–Trinajstić information content (AvgIpc) is 2.90. The van der Waals surface area contributed by atoms with Gasteiger partial charge in [-0.05, 0) is 25.1 Å². The zero-order valence-electron chi connectivity index (χ0n) is 12.1. The molecule has 0 spiro atoms. The molecule has 0 unspecified atom stereocenters. The fraction of sp³-hybridized carbons (Fsp3) is 0.267. The molecule has 6 nitrogen and oxygen atoms in total. The Hall–Kier alpha value is -2.70. The monoisotopic (exact) mass is 301 g/mol. The van der Waals surface area contributed by atoms with E-state index in [0.717, 1.165) is 11.3 Å². The Morgan fingerprint density at radius 1 is 1.27 bits per heavy atom. The molecule has 2 heterocycles. The predicted octanol–water partition coefficient (Wildman–Crippen LogP) is 2.55. The molecule has 2 N–H and O–H groups in total. The van der Waals surface area contributed by atoms with Crippen LogP contribution in [-0.4, -0.2) is 33.1 Å². The number of aromatic nitrogens is 4. The molecule has 0 amide bonds. The van der Waals surface area contributed by atoms with Gasteiger partial charge in [-0.3, -0.25) is 4.98 Å². The third-order valence-electron chi connectivity index (χ3n) is 3.07. The number of ether oxygens (including phenoxy) is 1. The Balaban J connectivity index is 1.61. The Morgan fingerprint density at radius 3 is 3.05 bits per heavy atom. The number of hydrogen-bond donors (Lipinski definition) is 2. The number of fused-ring (bicyclic) bond motifs is 1. The van der Waals surface area contributed by atoms with Gasteiger partial charge in [0.1, 0.15) is 17.5 Å². The molecule has 1 aromatic carbocycles. The van der Waals surface area contributed by atoms with Crippen molar-refractivity contribution in [2.24, 2.45) is 0 Å². The molecule has 2 aromatic heterocycles. The van der Waals surface area contributed by atoms with E-state index in [2.05, 4.69) is 25.3 Å². The van der Waals surface area contributed by atoms with E-state index in [1.807, 2.05) is 6.92 Å². The number of aromatic amines is 1. The Kier molecular flexibility index (Phi) is 4.13. The molecule has 0 saturated carbocycles. The van der Waals surface area contributed by atoms with E-state index in [1.54, 1.807) is 18.5 Å². The molecular weight excluding hydrogens is 285 g/mol. The third-order valence-corrected chi connectivity index (χ3v) is 3.07. The van der Waals surface area contributed by atoms with Crippen molar-refractivity contribution in [2.75, 3.05) is 18.5 Å². The molecule has 0 bridgehead atoms. The first-order valence-electron chi connectivity index (χ1n) is 7.07. The average molecular weight is 301 g/mol. The fourth-order valence-electron chi connectivity index (χ4n) is 2.11. The highest BCUT2D eigenvalue weighted by Crippen LogP contribution is 2.13. The number of anilines is 1. The lowest BCUT2D eigenvalue weighted by atomic mass is 10.3. The summed E-state index contributed by atoms with van der Waals surface area (Å²) in [6, 6.07) is 4.51. The highest BCUT2D eigenvalue weighted by atomic mass is 19.1. The predicted molar refractivity (Wildman–Crippen MR) is 81.4 cm³/mol. The van der Waals surface area contributed by atoms with Gasteiger partial charge in [0.05, 0.1) is 30.0 Å². The smallest absolute Gasteiger partial charge is 0.234 e. The number of benzene rings is 1. The van der Waals surface area contributed by atoms with Crippen molar-refractivity contribution in [3.05, 3.63) is 42.2 Å². The first kappa shape index (κ1) is 14.2. The number of rotatable bonds is 6. The van der Waals surface area contributed by atoms with Gasteiger partial charge in [-0.2, -0.15) is 4.98 Å². The van der Waals surface area contributed by atoms with Gasteiger partial charge in [0.25, 0.3) is 0 Å². The van der Waals surface area contributed by atoms with Crippen molar-refractivity contribution >= 4 is 16.9 Å². The molecule has 7 heteroatoms. The van der Waals surface area contributed by atoms with Crippen molar-refractivity contribution in [2.45, 2.75) is 13.3 Å². The van der Waals surface area contributed by atoms with E-state index < -0.39 is 0 Å². The van der Waals surface area contributed by atoms with Crippen LogP contribution in [0.4, 0.5) is 10.2 Å². The van der Waals surface area contributed by atoms with E-state index >= 15 is 0 Å². The standard InChI is InChI=1S/C15H16FN5O/c1-2-22-15-9-17-8-14(21-15)18-6-5-13-19-11-4-3-10(16)7-12(11)20-13/h3-4,7-9H,2,5-6H2,1H3,(H,18,21)(H,19,20). The highest BCUT2D eigenvalue weighted by molar-refractivity contribution is 5.74. The van der Waals surface area contributed by atoms with Gasteiger partial charge in [0, 0.05) is 13.0 Å². The number of hydrogen-bond acceptors (Lipinski definition) is 5. The lowest BCUT2D eigenvalue weighted by Gasteiger charge is -2.06. The van der Waals surface area contributed by atoms with Gasteiger partial charge in [-0.15, -0.1) is 0 Å². The summed E-state index contributed by atoms with van der Waals surface area (Å²) in [4.78, 5) is 15.8. The van der Waals surface area contributed by atoms with Crippen LogP contribution in [-0.2, 0) is 6.42 Å². The zero-order chi connectivity index (χ0) is 15.4. The minimum absolute atomic E-state index is 0.274. The maximum absolute atomic E-state index is 13.1. The Bertz CT molecular complexity index is 773. The van der Waals surface area contributed by atoms with Crippen molar-refractivity contribution in [1.29, 1.82) is 0 Å². The topological polar surface area (TPSA) is 75.7 Å². The van der Waals surface area contributed by atoms with Gasteiger partial charge in [-0.1, -0.05) is 0 Å². The van der Waals surface area contributed by atoms with Crippen molar-refractivity contribution in [3.8, 4) is 5.88 Å². The van der Waals surface area contributed by atoms with Crippen LogP contribution in [0, 0.1) is 5.82 Å². The summed E-state index contributed by atoms with van der Waals surface area (Å²) in [5.74, 6) is 1.66. The van der Waals surface area contributed by atoms with Gasteiger partial charge >= 0.3 is 0 Å². The number of H-pyrrole nitrogens is 1. The molecule has 0 aliphatic carbocycles. The molecule has 0 atom stereocenters. The summed E-state index contributed by atoms with van der Waals surface area (Å²) in [7, 11) is 0. The Morgan fingerprint density at radius 2 is 2.18 bits per heavy atom. The van der Waals surface area contributed by atoms with Crippen LogP contribution in [0.2, 0.25) is 0 Å². The fourth-order valence-corrected chi connectivity index (χ4v) is 2.11. The maximum Gasteiger partial charge on any atom is 0.234 e. The van der Waals surface area contributed by atoms with E-state index in [4.69, 9.17) is 4.74 Å². The van der Waals surface area contributed by atoms with E-state index in [1.165, 1.54) is 12.1 Å². The normalized spacial score (nSPS) is 10.8. The van der Waals surface area contributed by atoms with Gasteiger partial charge < -0.3 is 15.0 Å². The number of imidazole rings is 1. The second kappa shape index (κ2) is 6.38. The molecule has 22 heavy (non-hydrogen) atoms. The molecule has 114 valence electrons. The quantitative estimate of drug-likeness (QED) is 0.732. The lowest BCUT2D eigenvalue weighted by molar-refractivity contribution is 0.325. The van der Waals surface area contributed by atoms with Crippen LogP contribution in [0.3, 0.4) is 0 Å². The number of nitrogens with zero attached hydrogens (tertiary/aromatic N) is 3. The van der Waals surface area contributed by atoms with E-state index in [0.29, 0.717) is 36.8 Å².